The zero-order valence-electron chi connectivity index (χ0n) is 7.66. The molecule has 0 aliphatic carbocycles. The number of rotatable bonds is 1. The molecule has 0 aromatic carbocycles. The van der Waals surface area contributed by atoms with Crippen molar-refractivity contribution in [2.75, 3.05) is 0 Å². The molecule has 0 saturated carbocycles. The highest BCUT2D eigenvalue weighted by molar-refractivity contribution is 5.17. The molecule has 76 valence electrons. The van der Waals surface area contributed by atoms with Crippen LogP contribution in [0.2, 0.25) is 0 Å². The molecule has 0 radical (unpaired) electrons. The van der Waals surface area contributed by atoms with Gasteiger partial charge in [-0.15, -0.1) is 5.53 Å². The molecule has 3 nitrogen and oxygen atoms in total. The molecular weight excluding hydrogens is 183 g/mol. The summed E-state index contributed by atoms with van der Waals surface area (Å²) >= 11 is 0. The average Bonchev–Trinajstić information content (AvgIpc) is 2.28. The first kappa shape index (κ1) is 10.2. The molecule has 13 heavy (non-hydrogen) atoms. The maximum atomic E-state index is 12.4. The molecule has 0 amide bonds. The van der Waals surface area contributed by atoms with Crippen molar-refractivity contribution < 1.29 is 13.2 Å². The average molecular weight is 195 g/mol. The van der Waals surface area contributed by atoms with Crippen molar-refractivity contribution in [2.24, 2.45) is 0 Å². The minimum absolute atomic E-state index is 0.0983. The number of alkyl halides is 3. The minimum Gasteiger partial charge on any atom is -0.306 e. The first-order chi connectivity index (χ1) is 5.84. The summed E-state index contributed by atoms with van der Waals surface area (Å²) in [4.78, 5) is 0. The second-order valence-electron chi connectivity index (χ2n) is 3.17. The van der Waals surface area contributed by atoms with Crippen LogP contribution in [0, 0.1) is 0 Å². The number of halogens is 3. The van der Waals surface area contributed by atoms with E-state index in [0.717, 1.165) is 5.01 Å². The van der Waals surface area contributed by atoms with E-state index in [2.05, 4.69) is 11.0 Å². The highest BCUT2D eigenvalue weighted by atomic mass is 19.4. The van der Waals surface area contributed by atoms with E-state index in [4.69, 9.17) is 0 Å². The maximum Gasteiger partial charge on any atom is 0.434 e. The van der Waals surface area contributed by atoms with Gasteiger partial charge in [0.2, 0.25) is 0 Å². The standard InChI is InChI=1S/C7H12F3N3/c1-4(2)13-6(7(8,9)10)5(3)11-12-13/h4,11-12H,1-3H3. The van der Waals surface area contributed by atoms with Gasteiger partial charge in [0.1, 0.15) is 0 Å². The van der Waals surface area contributed by atoms with Crippen molar-refractivity contribution >= 4 is 0 Å². The number of hydrazine groups is 2. The lowest BCUT2D eigenvalue weighted by atomic mass is 10.3. The fourth-order valence-corrected chi connectivity index (χ4v) is 1.18. The fraction of sp³-hybridized carbons (Fsp3) is 0.714. The van der Waals surface area contributed by atoms with Crippen LogP contribution in [0.1, 0.15) is 20.8 Å². The first-order valence-electron chi connectivity index (χ1n) is 3.93. The minimum atomic E-state index is -4.31. The van der Waals surface area contributed by atoms with Crippen molar-refractivity contribution in [3.05, 3.63) is 11.4 Å². The molecule has 1 aliphatic rings. The third-order valence-electron chi connectivity index (χ3n) is 1.74. The van der Waals surface area contributed by atoms with Gasteiger partial charge in [0, 0.05) is 6.04 Å². The topological polar surface area (TPSA) is 27.3 Å². The molecule has 0 spiro atoms. The number of nitrogens with zero attached hydrogens (tertiary/aromatic N) is 1. The molecule has 1 heterocycles. The van der Waals surface area contributed by atoms with Crippen LogP contribution in [0.15, 0.2) is 11.4 Å². The SMILES string of the molecule is CC1=C(C(F)(F)F)N(C(C)C)NN1. The van der Waals surface area contributed by atoms with Crippen LogP contribution in [0.5, 0.6) is 0 Å². The van der Waals surface area contributed by atoms with Gasteiger partial charge in [-0.05, 0) is 20.8 Å². The zero-order valence-corrected chi connectivity index (χ0v) is 7.66. The highest BCUT2D eigenvalue weighted by Crippen LogP contribution is 2.32. The number of hydrogen-bond donors (Lipinski definition) is 2. The third kappa shape index (κ3) is 1.88. The van der Waals surface area contributed by atoms with E-state index >= 15 is 0 Å². The van der Waals surface area contributed by atoms with Crippen molar-refractivity contribution in [3.63, 3.8) is 0 Å². The van der Waals surface area contributed by atoms with Crippen molar-refractivity contribution in [1.29, 1.82) is 0 Å². The van der Waals surface area contributed by atoms with Crippen molar-refractivity contribution in [1.82, 2.24) is 16.0 Å². The van der Waals surface area contributed by atoms with E-state index in [1.165, 1.54) is 6.92 Å². The van der Waals surface area contributed by atoms with Gasteiger partial charge in [0.05, 0.1) is 5.70 Å². The predicted molar refractivity (Wildman–Crippen MR) is 42.0 cm³/mol. The van der Waals surface area contributed by atoms with E-state index in [1.54, 1.807) is 13.8 Å². The van der Waals surface area contributed by atoms with Gasteiger partial charge in [-0.25, -0.2) is 0 Å². The van der Waals surface area contributed by atoms with Crippen LogP contribution in [0.25, 0.3) is 0 Å². The normalized spacial score (nSPS) is 18.5. The lowest BCUT2D eigenvalue weighted by Crippen LogP contribution is -2.44. The van der Waals surface area contributed by atoms with Gasteiger partial charge < -0.3 is 5.43 Å². The number of allylic oxidation sites excluding steroid dienone is 2. The Kier molecular flexibility index (Phi) is 2.42. The van der Waals surface area contributed by atoms with Crippen LogP contribution in [0.4, 0.5) is 13.2 Å². The summed E-state index contributed by atoms with van der Waals surface area (Å²) in [6.07, 6.45) is -4.31. The fourth-order valence-electron chi connectivity index (χ4n) is 1.18. The van der Waals surface area contributed by atoms with E-state index in [1.807, 2.05) is 0 Å². The van der Waals surface area contributed by atoms with Gasteiger partial charge >= 0.3 is 6.18 Å². The Morgan fingerprint density at radius 3 is 2.15 bits per heavy atom. The number of nitrogens with one attached hydrogen (secondary N) is 2. The van der Waals surface area contributed by atoms with Crippen molar-refractivity contribution in [3.8, 4) is 0 Å². The molecule has 1 aliphatic heterocycles. The lowest BCUT2D eigenvalue weighted by molar-refractivity contribution is -0.116. The predicted octanol–water partition coefficient (Wildman–Crippen LogP) is 1.51. The molecule has 0 aromatic heterocycles. The van der Waals surface area contributed by atoms with Crippen LogP contribution < -0.4 is 11.0 Å². The molecule has 0 fully saturated rings. The largest absolute Gasteiger partial charge is 0.434 e. The van der Waals surface area contributed by atoms with Gasteiger partial charge in [-0.1, -0.05) is 0 Å². The smallest absolute Gasteiger partial charge is 0.306 e. The summed E-state index contributed by atoms with van der Waals surface area (Å²) in [6.45, 7) is 4.75. The Balaban J connectivity index is 2.95. The van der Waals surface area contributed by atoms with E-state index < -0.39 is 11.9 Å². The molecule has 0 unspecified atom stereocenters. The van der Waals surface area contributed by atoms with Gasteiger partial charge in [0.25, 0.3) is 0 Å². The Morgan fingerprint density at radius 2 is 1.85 bits per heavy atom. The van der Waals surface area contributed by atoms with E-state index in [-0.39, 0.29) is 11.7 Å². The molecule has 0 bridgehead atoms. The first-order valence-corrected chi connectivity index (χ1v) is 3.93. The molecule has 0 aromatic rings. The van der Waals surface area contributed by atoms with Crippen LogP contribution in [-0.2, 0) is 0 Å². The molecule has 6 heteroatoms. The Hall–Kier alpha value is -0.910. The highest BCUT2D eigenvalue weighted by Gasteiger charge is 2.43. The quantitative estimate of drug-likeness (QED) is 0.664. The Labute approximate surface area is 74.5 Å². The molecule has 1 rings (SSSR count). The van der Waals surface area contributed by atoms with E-state index in [0.29, 0.717) is 0 Å². The summed E-state index contributed by atoms with van der Waals surface area (Å²) in [7, 11) is 0. The summed E-state index contributed by atoms with van der Waals surface area (Å²) in [5, 5.41) is 1.06. The van der Waals surface area contributed by atoms with Gasteiger partial charge in [-0.2, -0.15) is 13.2 Å². The zero-order chi connectivity index (χ0) is 10.2. The summed E-state index contributed by atoms with van der Waals surface area (Å²) in [5.41, 5.74) is 4.34. The van der Waals surface area contributed by atoms with Gasteiger partial charge in [0.15, 0.2) is 5.70 Å². The summed E-state index contributed by atoms with van der Waals surface area (Å²) in [5.74, 6) is 0. The third-order valence-corrected chi connectivity index (χ3v) is 1.74. The van der Waals surface area contributed by atoms with Crippen molar-refractivity contribution in [2.45, 2.75) is 33.0 Å². The van der Waals surface area contributed by atoms with E-state index in [9.17, 15) is 13.2 Å². The molecule has 2 N–H and O–H groups in total. The van der Waals surface area contributed by atoms with Crippen LogP contribution >= 0.6 is 0 Å². The van der Waals surface area contributed by atoms with Crippen LogP contribution in [0.3, 0.4) is 0 Å². The summed E-state index contributed by atoms with van der Waals surface area (Å²) in [6, 6.07) is -0.249. The summed E-state index contributed by atoms with van der Waals surface area (Å²) < 4.78 is 37.3. The monoisotopic (exact) mass is 195 g/mol. The maximum absolute atomic E-state index is 12.4. The number of hydrogen-bond acceptors (Lipinski definition) is 3. The van der Waals surface area contributed by atoms with Gasteiger partial charge in [-0.3, -0.25) is 5.01 Å². The second kappa shape index (κ2) is 3.10. The molecular formula is C7H12F3N3. The van der Waals surface area contributed by atoms with Crippen LogP contribution in [-0.4, -0.2) is 17.2 Å². The molecule has 0 atom stereocenters. The second-order valence-corrected chi connectivity index (χ2v) is 3.17. The Morgan fingerprint density at radius 1 is 1.31 bits per heavy atom. The lowest BCUT2D eigenvalue weighted by Gasteiger charge is -2.26. The molecule has 0 saturated heterocycles. The Bertz CT molecular complexity index is 232.